The van der Waals surface area contributed by atoms with Crippen molar-refractivity contribution in [3.05, 3.63) is 45.8 Å². The summed E-state index contributed by atoms with van der Waals surface area (Å²) in [6, 6.07) is 5.24. The minimum atomic E-state index is -0.0516. The Bertz CT molecular complexity index is 940. The Morgan fingerprint density at radius 1 is 1.23 bits per heavy atom. The molecule has 3 aromatic rings. The van der Waals surface area contributed by atoms with E-state index in [0.29, 0.717) is 45.8 Å². The topological polar surface area (TPSA) is 50.8 Å². The van der Waals surface area contributed by atoms with E-state index in [1.54, 1.807) is 22.9 Å². The fraction of sp³-hybridized carbons (Fsp3) is 0.368. The van der Waals surface area contributed by atoms with Gasteiger partial charge in [0.2, 0.25) is 5.71 Å². The molecule has 0 aliphatic heterocycles. The first-order chi connectivity index (χ1) is 12.5. The van der Waals surface area contributed by atoms with E-state index in [1.807, 2.05) is 17.9 Å². The fourth-order valence-electron chi connectivity index (χ4n) is 3.07. The van der Waals surface area contributed by atoms with Crippen LogP contribution in [0, 0.1) is 6.92 Å². The van der Waals surface area contributed by atoms with Gasteiger partial charge in [0.05, 0.1) is 10.7 Å². The van der Waals surface area contributed by atoms with Crippen LogP contribution in [0.25, 0.3) is 17.0 Å². The molecular formula is C19H21Cl2N3O2. The standard InChI is InChI=1S/C19H21Cl2N3O2/c1-4-8-23(9-5-2)18(25)17-12(3)22-24-16(11-26-19(17)24)14-7-6-13(20)10-15(14)21/h6-7,10-11H,4-5,8-9H2,1-3H3. The van der Waals surface area contributed by atoms with Gasteiger partial charge in [0.25, 0.3) is 5.91 Å². The minimum Gasteiger partial charge on any atom is -0.444 e. The summed E-state index contributed by atoms with van der Waals surface area (Å²) in [6.45, 7) is 7.35. The third kappa shape index (κ3) is 3.33. The summed E-state index contributed by atoms with van der Waals surface area (Å²) in [5.74, 6) is -0.0516. The first kappa shape index (κ1) is 18.8. The number of aryl methyl sites for hydroxylation is 1. The van der Waals surface area contributed by atoms with Crippen molar-refractivity contribution >= 4 is 34.8 Å². The van der Waals surface area contributed by atoms with Gasteiger partial charge in [-0.3, -0.25) is 4.79 Å². The maximum Gasteiger partial charge on any atom is 0.261 e. The van der Waals surface area contributed by atoms with Gasteiger partial charge in [-0.1, -0.05) is 37.0 Å². The zero-order chi connectivity index (χ0) is 18.8. The van der Waals surface area contributed by atoms with Crippen molar-refractivity contribution < 1.29 is 9.21 Å². The summed E-state index contributed by atoms with van der Waals surface area (Å²) in [6.07, 6.45) is 3.37. The van der Waals surface area contributed by atoms with E-state index in [1.165, 1.54) is 0 Å². The number of amides is 1. The normalized spacial score (nSPS) is 11.3. The molecule has 0 bridgehead atoms. The average molecular weight is 394 g/mol. The third-order valence-electron chi connectivity index (χ3n) is 4.22. The lowest BCUT2D eigenvalue weighted by atomic mass is 10.2. The molecule has 0 radical (unpaired) electrons. The molecular weight excluding hydrogens is 373 g/mol. The molecule has 0 N–H and O–H groups in total. The molecule has 26 heavy (non-hydrogen) atoms. The maximum absolute atomic E-state index is 13.0. The minimum absolute atomic E-state index is 0.0516. The number of oxazole rings is 1. The number of halogens is 2. The number of benzene rings is 1. The second-order valence-corrected chi connectivity index (χ2v) is 7.06. The molecule has 5 nitrogen and oxygen atoms in total. The van der Waals surface area contributed by atoms with Crippen molar-refractivity contribution in [1.82, 2.24) is 14.5 Å². The van der Waals surface area contributed by atoms with Crippen LogP contribution >= 0.6 is 23.2 Å². The fourth-order valence-corrected chi connectivity index (χ4v) is 3.58. The molecule has 1 aromatic carbocycles. The van der Waals surface area contributed by atoms with Crippen LogP contribution in [0.3, 0.4) is 0 Å². The molecule has 0 fully saturated rings. The van der Waals surface area contributed by atoms with Gasteiger partial charge in [-0.25, -0.2) is 0 Å². The average Bonchev–Trinajstić information content (AvgIpc) is 3.12. The predicted molar refractivity (Wildman–Crippen MR) is 104 cm³/mol. The number of aromatic nitrogens is 2. The number of carbonyl (C=O) groups is 1. The van der Waals surface area contributed by atoms with Gasteiger partial charge in [0.1, 0.15) is 17.5 Å². The highest BCUT2D eigenvalue weighted by molar-refractivity contribution is 6.36. The molecule has 138 valence electrons. The van der Waals surface area contributed by atoms with Crippen LogP contribution in [0.4, 0.5) is 0 Å². The molecule has 0 saturated heterocycles. The highest BCUT2D eigenvalue weighted by Gasteiger charge is 2.26. The van der Waals surface area contributed by atoms with Crippen LogP contribution in [0.2, 0.25) is 10.0 Å². The van der Waals surface area contributed by atoms with E-state index in [0.717, 1.165) is 18.4 Å². The molecule has 2 heterocycles. The molecule has 0 spiro atoms. The second kappa shape index (κ2) is 7.72. The summed E-state index contributed by atoms with van der Waals surface area (Å²) < 4.78 is 7.36. The van der Waals surface area contributed by atoms with Gasteiger partial charge in [-0.15, -0.1) is 0 Å². The Labute approximate surface area is 162 Å². The summed E-state index contributed by atoms with van der Waals surface area (Å²) in [5, 5.41) is 5.58. The lowest BCUT2D eigenvalue weighted by Crippen LogP contribution is -2.32. The number of carbonyl (C=O) groups excluding carboxylic acids is 1. The number of fused-ring (bicyclic) bond motifs is 1. The zero-order valence-electron chi connectivity index (χ0n) is 15.1. The molecule has 2 aromatic heterocycles. The lowest BCUT2D eigenvalue weighted by molar-refractivity contribution is 0.0755. The Kier molecular flexibility index (Phi) is 5.58. The molecule has 0 aliphatic rings. The van der Waals surface area contributed by atoms with E-state index in [9.17, 15) is 4.79 Å². The van der Waals surface area contributed by atoms with Crippen LogP contribution < -0.4 is 0 Å². The SMILES string of the molecule is CCCN(CCC)C(=O)c1c(C)nn2c(-c3ccc(Cl)cc3Cl)coc12. The van der Waals surface area contributed by atoms with Crippen molar-refractivity contribution in [2.24, 2.45) is 0 Å². The van der Waals surface area contributed by atoms with Crippen LogP contribution in [0.1, 0.15) is 42.7 Å². The van der Waals surface area contributed by atoms with Gasteiger partial charge in [0.15, 0.2) is 0 Å². The summed E-state index contributed by atoms with van der Waals surface area (Å²) >= 11 is 12.3. The second-order valence-electron chi connectivity index (χ2n) is 6.21. The smallest absolute Gasteiger partial charge is 0.261 e. The van der Waals surface area contributed by atoms with E-state index >= 15 is 0 Å². The van der Waals surface area contributed by atoms with Gasteiger partial charge in [0, 0.05) is 23.7 Å². The van der Waals surface area contributed by atoms with Crippen molar-refractivity contribution in [2.45, 2.75) is 33.6 Å². The number of nitrogens with zero attached hydrogens (tertiary/aromatic N) is 3. The first-order valence-corrected chi connectivity index (χ1v) is 9.45. The predicted octanol–water partition coefficient (Wildman–Crippen LogP) is 5.47. The van der Waals surface area contributed by atoms with E-state index < -0.39 is 0 Å². The monoisotopic (exact) mass is 393 g/mol. The Hall–Kier alpha value is -1.98. The quantitative estimate of drug-likeness (QED) is 0.557. The van der Waals surface area contributed by atoms with Gasteiger partial charge < -0.3 is 9.32 Å². The molecule has 3 rings (SSSR count). The summed E-state index contributed by atoms with van der Waals surface area (Å²) in [5.41, 5.74) is 3.00. The zero-order valence-corrected chi connectivity index (χ0v) is 16.6. The molecule has 7 heteroatoms. The Morgan fingerprint density at radius 2 is 1.92 bits per heavy atom. The molecule has 0 atom stereocenters. The summed E-state index contributed by atoms with van der Waals surface area (Å²) in [4.78, 5) is 14.9. The van der Waals surface area contributed by atoms with Crippen LogP contribution in [-0.2, 0) is 0 Å². The van der Waals surface area contributed by atoms with Crippen molar-refractivity contribution in [3.63, 3.8) is 0 Å². The molecule has 1 amide bonds. The molecule has 0 aliphatic carbocycles. The third-order valence-corrected chi connectivity index (χ3v) is 4.77. The van der Waals surface area contributed by atoms with Crippen molar-refractivity contribution in [2.75, 3.05) is 13.1 Å². The van der Waals surface area contributed by atoms with Gasteiger partial charge in [-0.2, -0.15) is 9.61 Å². The van der Waals surface area contributed by atoms with Gasteiger partial charge >= 0.3 is 0 Å². The van der Waals surface area contributed by atoms with Crippen molar-refractivity contribution in [3.8, 4) is 11.3 Å². The summed E-state index contributed by atoms with van der Waals surface area (Å²) in [7, 11) is 0. The highest BCUT2D eigenvalue weighted by atomic mass is 35.5. The van der Waals surface area contributed by atoms with Crippen LogP contribution in [0.5, 0.6) is 0 Å². The number of rotatable bonds is 6. The first-order valence-electron chi connectivity index (χ1n) is 8.69. The van der Waals surface area contributed by atoms with E-state index in [2.05, 4.69) is 18.9 Å². The van der Waals surface area contributed by atoms with Crippen LogP contribution in [0.15, 0.2) is 28.9 Å². The van der Waals surface area contributed by atoms with E-state index in [-0.39, 0.29) is 5.91 Å². The van der Waals surface area contributed by atoms with Crippen LogP contribution in [-0.4, -0.2) is 33.5 Å². The largest absolute Gasteiger partial charge is 0.444 e. The highest BCUT2D eigenvalue weighted by Crippen LogP contribution is 2.33. The molecule has 0 saturated carbocycles. The Morgan fingerprint density at radius 3 is 2.54 bits per heavy atom. The van der Waals surface area contributed by atoms with Crippen molar-refractivity contribution in [1.29, 1.82) is 0 Å². The van der Waals surface area contributed by atoms with E-state index in [4.69, 9.17) is 27.6 Å². The number of hydrogen-bond acceptors (Lipinski definition) is 3. The Balaban J connectivity index is 2.08. The molecule has 0 unspecified atom stereocenters. The maximum atomic E-state index is 13.0. The lowest BCUT2D eigenvalue weighted by Gasteiger charge is -2.20. The van der Waals surface area contributed by atoms with Gasteiger partial charge in [-0.05, 0) is 38.0 Å². The number of hydrogen-bond donors (Lipinski definition) is 0.